The van der Waals surface area contributed by atoms with Crippen LogP contribution in [0.2, 0.25) is 0 Å². The zero-order valence-electron chi connectivity index (χ0n) is 14.6. The molecule has 1 aliphatic heterocycles. The topological polar surface area (TPSA) is 162 Å². The number of anilines is 1. The van der Waals surface area contributed by atoms with Gasteiger partial charge >= 0.3 is 17.5 Å². The Kier molecular flexibility index (Phi) is 5.34. The zero-order chi connectivity index (χ0) is 20.3. The molecule has 3 rings (SSSR count). The van der Waals surface area contributed by atoms with Gasteiger partial charge < -0.3 is 20.5 Å². The SMILES string of the molecule is NC(=O)c1ccc(Oc2ncnc(N3CCC(C(=O)O)CC3)c2[N+](=O)[O-])cc1. The van der Waals surface area contributed by atoms with Gasteiger partial charge in [0.25, 0.3) is 0 Å². The minimum atomic E-state index is -0.875. The van der Waals surface area contributed by atoms with E-state index in [4.69, 9.17) is 15.6 Å². The van der Waals surface area contributed by atoms with E-state index in [0.717, 1.165) is 6.33 Å². The van der Waals surface area contributed by atoms with E-state index in [-0.39, 0.29) is 23.0 Å². The second kappa shape index (κ2) is 7.86. The molecule has 1 aromatic carbocycles. The summed E-state index contributed by atoms with van der Waals surface area (Å²) in [5.41, 5.74) is 5.04. The minimum absolute atomic E-state index is 0.0765. The lowest BCUT2D eigenvalue weighted by atomic mass is 9.97. The molecule has 0 aliphatic carbocycles. The van der Waals surface area contributed by atoms with Gasteiger partial charge in [0.2, 0.25) is 11.7 Å². The van der Waals surface area contributed by atoms with Gasteiger partial charge in [0.15, 0.2) is 0 Å². The minimum Gasteiger partial charge on any atom is -0.481 e. The molecule has 11 nitrogen and oxygen atoms in total. The van der Waals surface area contributed by atoms with Gasteiger partial charge in [0.1, 0.15) is 12.1 Å². The van der Waals surface area contributed by atoms with Crippen LogP contribution in [-0.2, 0) is 4.79 Å². The number of carboxylic acids is 1. The Hall–Kier alpha value is -3.76. The van der Waals surface area contributed by atoms with E-state index in [1.165, 1.54) is 24.3 Å². The number of aromatic nitrogens is 2. The first kappa shape index (κ1) is 19.0. The number of benzene rings is 1. The molecule has 11 heteroatoms. The maximum Gasteiger partial charge on any atom is 0.373 e. The highest BCUT2D eigenvalue weighted by Gasteiger charge is 2.32. The van der Waals surface area contributed by atoms with Crippen molar-refractivity contribution in [2.45, 2.75) is 12.8 Å². The fourth-order valence-electron chi connectivity index (χ4n) is 2.96. The number of ether oxygens (including phenoxy) is 1. The van der Waals surface area contributed by atoms with Crippen molar-refractivity contribution in [3.8, 4) is 11.6 Å². The van der Waals surface area contributed by atoms with E-state index in [1.807, 2.05) is 0 Å². The van der Waals surface area contributed by atoms with Crippen LogP contribution in [0.1, 0.15) is 23.2 Å². The Morgan fingerprint density at radius 2 is 1.86 bits per heavy atom. The molecule has 1 amide bonds. The van der Waals surface area contributed by atoms with Crippen LogP contribution < -0.4 is 15.4 Å². The molecule has 1 fully saturated rings. The third-order valence-corrected chi connectivity index (χ3v) is 4.45. The quantitative estimate of drug-likeness (QED) is 0.553. The summed E-state index contributed by atoms with van der Waals surface area (Å²) in [5.74, 6) is -1.89. The Morgan fingerprint density at radius 3 is 2.39 bits per heavy atom. The molecular formula is C17H17N5O6. The predicted octanol–water partition coefficient (Wildman–Crippen LogP) is 1.58. The molecule has 1 saturated heterocycles. The van der Waals surface area contributed by atoms with Gasteiger partial charge in [-0.25, -0.2) is 4.98 Å². The Morgan fingerprint density at radius 1 is 1.21 bits per heavy atom. The number of aliphatic carboxylic acids is 1. The van der Waals surface area contributed by atoms with Gasteiger partial charge in [-0.3, -0.25) is 19.7 Å². The monoisotopic (exact) mass is 387 g/mol. The molecule has 1 aromatic heterocycles. The highest BCUT2D eigenvalue weighted by molar-refractivity contribution is 5.92. The van der Waals surface area contributed by atoms with Crippen LogP contribution in [0.5, 0.6) is 11.6 Å². The normalized spacial score (nSPS) is 14.5. The van der Waals surface area contributed by atoms with Crippen molar-refractivity contribution in [1.82, 2.24) is 9.97 Å². The van der Waals surface area contributed by atoms with Crippen LogP contribution in [0, 0.1) is 16.0 Å². The number of rotatable bonds is 6. The third-order valence-electron chi connectivity index (χ3n) is 4.45. The van der Waals surface area contributed by atoms with Crippen molar-refractivity contribution in [2.75, 3.05) is 18.0 Å². The lowest BCUT2D eigenvalue weighted by molar-refractivity contribution is -0.385. The maximum absolute atomic E-state index is 11.7. The van der Waals surface area contributed by atoms with Gasteiger partial charge in [-0.15, -0.1) is 0 Å². The lowest BCUT2D eigenvalue weighted by Gasteiger charge is -2.30. The molecule has 2 heterocycles. The molecule has 0 spiro atoms. The molecule has 3 N–H and O–H groups in total. The number of nitrogens with zero attached hydrogens (tertiary/aromatic N) is 4. The summed E-state index contributed by atoms with van der Waals surface area (Å²) in [6.07, 6.45) is 1.88. The second-order valence-corrected chi connectivity index (χ2v) is 6.20. The van der Waals surface area contributed by atoms with Gasteiger partial charge in [-0.05, 0) is 37.1 Å². The number of amides is 1. The summed E-state index contributed by atoms with van der Waals surface area (Å²) >= 11 is 0. The number of piperidine rings is 1. The molecule has 0 saturated carbocycles. The standard InChI is InChI=1S/C17H17N5O6/c18-14(23)10-1-3-12(4-2-10)28-16-13(22(26)27)15(19-9-20-16)21-7-5-11(6-8-21)17(24)25/h1-4,9,11H,5-8H2,(H2,18,23)(H,24,25). The molecule has 2 aromatic rings. The molecule has 0 radical (unpaired) electrons. The van der Waals surface area contributed by atoms with Crippen molar-refractivity contribution in [2.24, 2.45) is 11.7 Å². The van der Waals surface area contributed by atoms with E-state index in [0.29, 0.717) is 25.9 Å². The fraction of sp³-hybridized carbons (Fsp3) is 0.294. The van der Waals surface area contributed by atoms with Crippen molar-refractivity contribution in [3.63, 3.8) is 0 Å². The number of hydrogen-bond acceptors (Lipinski definition) is 8. The van der Waals surface area contributed by atoms with E-state index in [1.54, 1.807) is 4.90 Å². The van der Waals surface area contributed by atoms with Crippen molar-refractivity contribution < 1.29 is 24.4 Å². The molecule has 0 unspecified atom stereocenters. The van der Waals surface area contributed by atoms with E-state index in [9.17, 15) is 19.7 Å². The summed E-state index contributed by atoms with van der Waals surface area (Å²) in [4.78, 5) is 42.8. The van der Waals surface area contributed by atoms with Gasteiger partial charge in [0, 0.05) is 18.7 Å². The summed E-state index contributed by atoms with van der Waals surface area (Å²) in [5, 5.41) is 20.8. The van der Waals surface area contributed by atoms with Crippen LogP contribution in [0.3, 0.4) is 0 Å². The third kappa shape index (κ3) is 3.98. The van der Waals surface area contributed by atoms with E-state index < -0.39 is 28.4 Å². The van der Waals surface area contributed by atoms with Gasteiger partial charge in [-0.2, -0.15) is 4.98 Å². The number of hydrogen-bond donors (Lipinski definition) is 2. The average Bonchev–Trinajstić information content (AvgIpc) is 2.68. The van der Waals surface area contributed by atoms with Crippen molar-refractivity contribution in [1.29, 1.82) is 0 Å². The number of nitrogens with two attached hydrogens (primary N) is 1. The maximum atomic E-state index is 11.7. The number of carbonyl (C=O) groups excluding carboxylic acids is 1. The summed E-state index contributed by atoms with van der Waals surface area (Å²) in [6, 6.07) is 5.76. The zero-order valence-corrected chi connectivity index (χ0v) is 14.6. The number of carbonyl (C=O) groups is 2. The number of carboxylic acid groups (broad SMARTS) is 1. The second-order valence-electron chi connectivity index (χ2n) is 6.20. The first-order chi connectivity index (χ1) is 13.4. The first-order valence-electron chi connectivity index (χ1n) is 8.41. The highest BCUT2D eigenvalue weighted by Crippen LogP contribution is 2.37. The molecule has 146 valence electrons. The fourth-order valence-corrected chi connectivity index (χ4v) is 2.96. The van der Waals surface area contributed by atoms with Crippen LogP contribution in [-0.4, -0.2) is 45.0 Å². The summed E-state index contributed by atoms with van der Waals surface area (Å²) < 4.78 is 5.53. The van der Waals surface area contributed by atoms with Crippen molar-refractivity contribution >= 4 is 23.4 Å². The Balaban J connectivity index is 1.87. The van der Waals surface area contributed by atoms with Gasteiger partial charge in [-0.1, -0.05) is 0 Å². The smallest absolute Gasteiger partial charge is 0.373 e. The van der Waals surface area contributed by atoms with Gasteiger partial charge in [0.05, 0.1) is 10.8 Å². The van der Waals surface area contributed by atoms with Crippen LogP contribution in [0.25, 0.3) is 0 Å². The highest BCUT2D eigenvalue weighted by atomic mass is 16.6. The van der Waals surface area contributed by atoms with Crippen LogP contribution in [0.15, 0.2) is 30.6 Å². The number of primary amides is 1. The molecule has 28 heavy (non-hydrogen) atoms. The largest absolute Gasteiger partial charge is 0.481 e. The Labute approximate surface area is 158 Å². The summed E-state index contributed by atoms with van der Waals surface area (Å²) in [6.45, 7) is 0.642. The molecule has 1 aliphatic rings. The van der Waals surface area contributed by atoms with E-state index in [2.05, 4.69) is 9.97 Å². The lowest BCUT2D eigenvalue weighted by Crippen LogP contribution is -2.37. The predicted molar refractivity (Wildman–Crippen MR) is 96.3 cm³/mol. The first-order valence-corrected chi connectivity index (χ1v) is 8.41. The van der Waals surface area contributed by atoms with Crippen molar-refractivity contribution in [3.05, 3.63) is 46.3 Å². The van der Waals surface area contributed by atoms with Crippen LogP contribution >= 0.6 is 0 Å². The molecule has 0 atom stereocenters. The molecule has 0 bridgehead atoms. The Bertz CT molecular complexity index is 909. The molecular weight excluding hydrogens is 370 g/mol. The number of nitro groups is 1. The summed E-state index contributed by atoms with van der Waals surface area (Å²) in [7, 11) is 0. The average molecular weight is 387 g/mol. The van der Waals surface area contributed by atoms with Crippen LogP contribution in [0.4, 0.5) is 11.5 Å². The van der Waals surface area contributed by atoms with E-state index >= 15 is 0 Å².